The van der Waals surface area contributed by atoms with Crippen LogP contribution in [0.4, 0.5) is 0 Å². The van der Waals surface area contributed by atoms with Gasteiger partial charge in [-0.2, -0.15) is 0 Å². The average Bonchev–Trinajstić information content (AvgIpc) is 3.33. The lowest BCUT2D eigenvalue weighted by Gasteiger charge is -2.38. The minimum atomic E-state index is -0.744. The van der Waals surface area contributed by atoms with Crippen molar-refractivity contribution in [3.63, 3.8) is 0 Å². The van der Waals surface area contributed by atoms with Crippen LogP contribution in [-0.4, -0.2) is 45.6 Å². The summed E-state index contributed by atoms with van der Waals surface area (Å²) in [6.07, 6.45) is 6.53. The van der Waals surface area contributed by atoms with Gasteiger partial charge in [-0.05, 0) is 102 Å². The zero-order valence-corrected chi connectivity index (χ0v) is 25.3. The molecule has 6 heteroatoms. The highest BCUT2D eigenvalue weighted by Gasteiger charge is 2.37. The first-order valence-corrected chi connectivity index (χ1v) is 15.1. The highest BCUT2D eigenvalue weighted by Crippen LogP contribution is 2.32. The summed E-state index contributed by atoms with van der Waals surface area (Å²) in [5, 5.41) is 6.48. The first-order chi connectivity index (χ1) is 20.3. The molecule has 0 saturated carbocycles. The summed E-state index contributed by atoms with van der Waals surface area (Å²) >= 11 is 0. The second kappa shape index (κ2) is 12.5. The van der Waals surface area contributed by atoms with Gasteiger partial charge in [-0.3, -0.25) is 9.69 Å². The van der Waals surface area contributed by atoms with Crippen molar-refractivity contribution in [2.75, 3.05) is 13.1 Å². The van der Waals surface area contributed by atoms with Gasteiger partial charge in [0.15, 0.2) is 5.78 Å². The van der Waals surface area contributed by atoms with Crippen molar-refractivity contribution in [2.45, 2.75) is 71.9 Å². The van der Waals surface area contributed by atoms with Crippen LogP contribution >= 0.6 is 0 Å². The van der Waals surface area contributed by atoms with Gasteiger partial charge < -0.3 is 9.40 Å². The fourth-order valence-electron chi connectivity index (χ4n) is 6.02. The monoisotopic (exact) mass is 563 g/mol. The van der Waals surface area contributed by atoms with Crippen molar-refractivity contribution in [1.29, 1.82) is 0 Å². The molecule has 0 bridgehead atoms. The third kappa shape index (κ3) is 5.68. The van der Waals surface area contributed by atoms with E-state index in [1.807, 2.05) is 75.4 Å². The summed E-state index contributed by atoms with van der Waals surface area (Å²) in [7, 11) is 0. The quantitative estimate of drug-likeness (QED) is 0.0648. The van der Waals surface area contributed by atoms with E-state index in [9.17, 15) is 9.59 Å². The maximum atomic E-state index is 13.5. The highest BCUT2D eigenvalue weighted by atomic mass is 16.7. The first kappa shape index (κ1) is 29.5. The lowest BCUT2D eigenvalue weighted by atomic mass is 9.97. The number of benzene rings is 3. The average molecular weight is 564 g/mol. The normalized spacial score (nSPS) is 14.8. The lowest BCUT2D eigenvalue weighted by molar-refractivity contribution is -0.157. The molecule has 4 aromatic rings. The molecule has 218 valence electrons. The molecular formula is C36H41N3O3. The fraction of sp³-hybridized carbons (Fsp3) is 0.361. The second-order valence-corrected chi connectivity index (χ2v) is 11.7. The predicted octanol–water partition coefficient (Wildman–Crippen LogP) is 7.83. The number of carbonyl (C=O) groups is 2. The van der Waals surface area contributed by atoms with E-state index >= 15 is 0 Å². The van der Waals surface area contributed by atoms with Crippen LogP contribution in [0.5, 0.6) is 0 Å². The summed E-state index contributed by atoms with van der Waals surface area (Å²) in [5.41, 5.74) is 5.33. The van der Waals surface area contributed by atoms with Crippen molar-refractivity contribution < 1.29 is 14.4 Å². The maximum Gasteiger partial charge on any atom is 0.354 e. The number of ketones is 1. The van der Waals surface area contributed by atoms with Crippen molar-refractivity contribution in [3.8, 4) is 0 Å². The number of piperidine rings is 1. The van der Waals surface area contributed by atoms with E-state index in [2.05, 4.69) is 40.3 Å². The number of aryl methyl sites for hydroxylation is 2. The summed E-state index contributed by atoms with van der Waals surface area (Å²) in [4.78, 5) is 34.5. The molecule has 1 fully saturated rings. The number of rotatable bonds is 10. The Kier molecular flexibility index (Phi) is 8.74. The van der Waals surface area contributed by atoms with Crippen molar-refractivity contribution in [3.05, 3.63) is 95.6 Å². The van der Waals surface area contributed by atoms with Crippen LogP contribution in [0.2, 0.25) is 0 Å². The maximum absolute atomic E-state index is 13.5. The predicted molar refractivity (Wildman–Crippen MR) is 171 cm³/mol. The minimum absolute atomic E-state index is 0.0139. The number of aromatic nitrogens is 1. The third-order valence-electron chi connectivity index (χ3n) is 8.64. The number of carbonyl (C=O) groups excluding carboxylic acids is 2. The van der Waals surface area contributed by atoms with Gasteiger partial charge in [0.05, 0.1) is 5.71 Å². The first-order valence-electron chi connectivity index (χ1n) is 15.1. The van der Waals surface area contributed by atoms with Crippen LogP contribution in [0, 0.1) is 6.92 Å². The Morgan fingerprint density at radius 2 is 1.60 bits per heavy atom. The molecule has 5 rings (SSSR count). The van der Waals surface area contributed by atoms with Crippen LogP contribution in [0.25, 0.3) is 21.8 Å². The molecule has 1 aliphatic rings. The van der Waals surface area contributed by atoms with Gasteiger partial charge in [0, 0.05) is 45.0 Å². The summed E-state index contributed by atoms with van der Waals surface area (Å²) < 4.78 is 2.26. The van der Waals surface area contributed by atoms with E-state index in [0.717, 1.165) is 65.4 Å². The Hall–Kier alpha value is -4.03. The number of hydrogen-bond acceptors (Lipinski definition) is 5. The molecule has 0 amide bonds. The Morgan fingerprint density at radius 3 is 2.24 bits per heavy atom. The molecule has 1 saturated heterocycles. The van der Waals surface area contributed by atoms with E-state index in [0.29, 0.717) is 29.7 Å². The van der Waals surface area contributed by atoms with E-state index in [1.54, 1.807) is 0 Å². The standard InChI is InChI=1S/C36H41N3O3/c1-6-8-16-31(37-42-35(41)36(4,5)38-21-12-9-13-22-38)26-17-19-32-29(23-26)30-24-27(18-20-33(30)39(32)7-2)34(40)28-15-11-10-14-25(28)3/h6,10-11,14-15,17-20,23-24H,1,7-9,12-13,16,21-22H2,2-5H3/b37-31+. The van der Waals surface area contributed by atoms with Crippen molar-refractivity contribution in [2.24, 2.45) is 5.16 Å². The Labute approximate surface area is 248 Å². The molecule has 0 atom stereocenters. The zero-order valence-electron chi connectivity index (χ0n) is 25.3. The Bertz CT molecular complexity index is 1670. The molecule has 42 heavy (non-hydrogen) atoms. The topological polar surface area (TPSA) is 63.9 Å². The largest absolute Gasteiger partial charge is 0.354 e. The number of nitrogens with zero attached hydrogens (tertiary/aromatic N) is 3. The molecule has 0 unspecified atom stereocenters. The number of likely N-dealkylation sites (tertiary alicyclic amines) is 1. The Morgan fingerprint density at radius 1 is 0.952 bits per heavy atom. The van der Waals surface area contributed by atoms with E-state index in [-0.39, 0.29) is 11.8 Å². The molecule has 1 aliphatic heterocycles. The van der Waals surface area contributed by atoms with E-state index in [1.165, 1.54) is 6.42 Å². The third-order valence-corrected chi connectivity index (χ3v) is 8.64. The SMILES string of the molecule is C=CCC/C(=N\OC(=O)C(C)(C)N1CCCCC1)c1ccc2c(c1)c1cc(C(=O)c3ccccc3C)ccc1n2CC. The van der Waals surface area contributed by atoms with Crippen LogP contribution in [-0.2, 0) is 16.2 Å². The zero-order chi connectivity index (χ0) is 29.9. The minimum Gasteiger partial charge on any atom is -0.341 e. The molecule has 0 spiro atoms. The highest BCUT2D eigenvalue weighted by molar-refractivity contribution is 6.16. The molecule has 0 aliphatic carbocycles. The molecule has 0 radical (unpaired) electrons. The summed E-state index contributed by atoms with van der Waals surface area (Å²) in [6, 6.07) is 19.9. The van der Waals surface area contributed by atoms with Gasteiger partial charge in [-0.25, -0.2) is 4.79 Å². The van der Waals surface area contributed by atoms with Crippen LogP contribution in [0.3, 0.4) is 0 Å². The molecule has 3 aromatic carbocycles. The van der Waals surface area contributed by atoms with Crippen LogP contribution in [0.15, 0.2) is 78.5 Å². The molecule has 2 heterocycles. The molecule has 1 aromatic heterocycles. The van der Waals surface area contributed by atoms with Gasteiger partial charge >= 0.3 is 5.97 Å². The van der Waals surface area contributed by atoms with Gasteiger partial charge in [0.25, 0.3) is 0 Å². The molecular weight excluding hydrogens is 522 g/mol. The smallest absolute Gasteiger partial charge is 0.341 e. The van der Waals surface area contributed by atoms with Crippen molar-refractivity contribution in [1.82, 2.24) is 9.47 Å². The summed E-state index contributed by atoms with van der Waals surface area (Å²) in [6.45, 7) is 14.4. The fourth-order valence-corrected chi connectivity index (χ4v) is 6.02. The van der Waals surface area contributed by atoms with Gasteiger partial charge in [0.2, 0.25) is 0 Å². The van der Waals surface area contributed by atoms with Gasteiger partial charge in [0.1, 0.15) is 5.54 Å². The second-order valence-electron chi connectivity index (χ2n) is 11.7. The van der Waals surface area contributed by atoms with Crippen molar-refractivity contribution >= 4 is 39.3 Å². The number of allylic oxidation sites excluding steroid dienone is 1. The van der Waals surface area contributed by atoms with Crippen LogP contribution < -0.4 is 0 Å². The number of hydrogen-bond donors (Lipinski definition) is 0. The number of fused-ring (bicyclic) bond motifs is 3. The summed E-state index contributed by atoms with van der Waals surface area (Å²) in [5.74, 6) is -0.330. The van der Waals surface area contributed by atoms with Crippen LogP contribution in [0.1, 0.15) is 79.9 Å². The van der Waals surface area contributed by atoms with E-state index < -0.39 is 5.54 Å². The van der Waals surface area contributed by atoms with Gasteiger partial charge in [-0.1, -0.05) is 48.0 Å². The molecule has 6 nitrogen and oxygen atoms in total. The van der Waals surface area contributed by atoms with Gasteiger partial charge in [-0.15, -0.1) is 6.58 Å². The number of oxime groups is 1. The van der Waals surface area contributed by atoms with E-state index in [4.69, 9.17) is 4.84 Å². The Balaban J connectivity index is 1.53. The molecule has 0 N–H and O–H groups in total. The lowest BCUT2D eigenvalue weighted by Crippen LogP contribution is -2.52.